The topological polar surface area (TPSA) is 17.1 Å². The molecule has 1 rings (SSSR count). The molecule has 0 heterocycles. The molecule has 0 aliphatic heterocycles. The van der Waals surface area contributed by atoms with Gasteiger partial charge in [-0.1, -0.05) is 50.3 Å². The SMILES string of the molecule is CC(C)(C=CC=O)Cc1ccccc1. The Morgan fingerprint density at radius 1 is 1.21 bits per heavy atom. The van der Waals surface area contributed by atoms with E-state index in [4.69, 9.17) is 0 Å². The van der Waals surface area contributed by atoms with E-state index in [-0.39, 0.29) is 5.41 Å². The van der Waals surface area contributed by atoms with Crippen molar-refractivity contribution in [3.05, 3.63) is 48.0 Å². The average Bonchev–Trinajstić information content (AvgIpc) is 2.16. The van der Waals surface area contributed by atoms with Crippen molar-refractivity contribution in [3.63, 3.8) is 0 Å². The highest BCUT2D eigenvalue weighted by Gasteiger charge is 2.13. The van der Waals surface area contributed by atoms with Crippen LogP contribution in [-0.2, 0) is 11.2 Å². The number of hydrogen-bond donors (Lipinski definition) is 0. The summed E-state index contributed by atoms with van der Waals surface area (Å²) in [6, 6.07) is 10.3. The van der Waals surface area contributed by atoms with E-state index >= 15 is 0 Å². The molecule has 0 bridgehead atoms. The summed E-state index contributed by atoms with van der Waals surface area (Å²) in [5, 5.41) is 0. The molecular formula is C13H16O. The standard InChI is InChI=1S/C13H16O/c1-13(2,9-6-10-14)11-12-7-4-3-5-8-12/h3-10H,11H2,1-2H3. The first kappa shape index (κ1) is 10.7. The monoisotopic (exact) mass is 188 g/mol. The van der Waals surface area contributed by atoms with Gasteiger partial charge >= 0.3 is 0 Å². The minimum atomic E-state index is 0.0439. The number of allylic oxidation sites excluding steroid dienone is 2. The Hall–Kier alpha value is -1.37. The van der Waals surface area contributed by atoms with E-state index in [1.54, 1.807) is 6.08 Å². The van der Waals surface area contributed by atoms with Gasteiger partial charge in [-0.2, -0.15) is 0 Å². The molecule has 0 aliphatic rings. The van der Waals surface area contributed by atoms with Gasteiger partial charge < -0.3 is 0 Å². The number of aldehydes is 1. The zero-order valence-electron chi connectivity index (χ0n) is 8.73. The molecule has 0 saturated heterocycles. The molecule has 1 heteroatoms. The van der Waals surface area contributed by atoms with Crippen molar-refractivity contribution in [2.24, 2.45) is 5.41 Å². The number of benzene rings is 1. The second kappa shape index (κ2) is 4.75. The highest BCUT2D eigenvalue weighted by Crippen LogP contribution is 2.22. The van der Waals surface area contributed by atoms with Crippen LogP contribution in [0.25, 0.3) is 0 Å². The number of rotatable bonds is 4. The fraction of sp³-hybridized carbons (Fsp3) is 0.308. The summed E-state index contributed by atoms with van der Waals surface area (Å²) in [5.41, 5.74) is 1.34. The smallest absolute Gasteiger partial charge is 0.142 e. The second-order valence-electron chi connectivity index (χ2n) is 4.15. The van der Waals surface area contributed by atoms with Gasteiger partial charge in [0.15, 0.2) is 0 Å². The van der Waals surface area contributed by atoms with Crippen LogP contribution in [0.1, 0.15) is 19.4 Å². The lowest BCUT2D eigenvalue weighted by atomic mass is 9.85. The predicted molar refractivity (Wildman–Crippen MR) is 59.1 cm³/mol. The van der Waals surface area contributed by atoms with Gasteiger partial charge in [0.2, 0.25) is 0 Å². The first-order valence-electron chi connectivity index (χ1n) is 4.81. The van der Waals surface area contributed by atoms with E-state index in [1.807, 2.05) is 24.3 Å². The summed E-state index contributed by atoms with van der Waals surface area (Å²) < 4.78 is 0. The zero-order valence-corrected chi connectivity index (χ0v) is 8.73. The van der Waals surface area contributed by atoms with Gasteiger partial charge in [-0.05, 0) is 23.5 Å². The molecule has 0 fully saturated rings. The quantitative estimate of drug-likeness (QED) is 0.524. The molecule has 0 radical (unpaired) electrons. The second-order valence-corrected chi connectivity index (χ2v) is 4.15. The Morgan fingerprint density at radius 2 is 1.86 bits per heavy atom. The Labute approximate surface area is 85.5 Å². The summed E-state index contributed by atoms with van der Waals surface area (Å²) in [4.78, 5) is 10.2. The van der Waals surface area contributed by atoms with Crippen LogP contribution in [0.15, 0.2) is 42.5 Å². The Balaban J connectivity index is 2.68. The molecule has 74 valence electrons. The van der Waals surface area contributed by atoms with Gasteiger partial charge in [0, 0.05) is 0 Å². The molecule has 1 aromatic carbocycles. The van der Waals surface area contributed by atoms with Gasteiger partial charge in [-0.3, -0.25) is 4.79 Å². The normalized spacial score (nSPS) is 11.9. The van der Waals surface area contributed by atoms with E-state index in [9.17, 15) is 4.79 Å². The fourth-order valence-electron chi connectivity index (χ4n) is 1.48. The summed E-state index contributed by atoms with van der Waals surface area (Å²) >= 11 is 0. The maximum Gasteiger partial charge on any atom is 0.142 e. The number of hydrogen-bond acceptors (Lipinski definition) is 1. The van der Waals surface area contributed by atoms with Crippen molar-refractivity contribution in [1.82, 2.24) is 0 Å². The van der Waals surface area contributed by atoms with Crippen LogP contribution in [0, 0.1) is 5.41 Å². The van der Waals surface area contributed by atoms with E-state index in [2.05, 4.69) is 26.0 Å². The van der Waals surface area contributed by atoms with Gasteiger partial charge in [0.05, 0.1) is 0 Å². The zero-order chi connectivity index (χ0) is 10.4. The highest BCUT2D eigenvalue weighted by atomic mass is 16.1. The maximum absolute atomic E-state index is 10.2. The van der Waals surface area contributed by atoms with Crippen LogP contribution in [0.5, 0.6) is 0 Å². The summed E-state index contributed by atoms with van der Waals surface area (Å²) in [6.45, 7) is 4.25. The van der Waals surface area contributed by atoms with Crippen molar-refractivity contribution in [2.45, 2.75) is 20.3 Å². The van der Waals surface area contributed by atoms with Crippen molar-refractivity contribution in [1.29, 1.82) is 0 Å². The van der Waals surface area contributed by atoms with Crippen LogP contribution in [0.4, 0.5) is 0 Å². The molecule has 0 unspecified atom stereocenters. The first-order chi connectivity index (χ1) is 6.64. The summed E-state index contributed by atoms with van der Waals surface area (Å²) in [7, 11) is 0. The lowest BCUT2D eigenvalue weighted by Gasteiger charge is -2.19. The van der Waals surface area contributed by atoms with E-state index in [0.717, 1.165) is 12.7 Å². The molecular weight excluding hydrogens is 172 g/mol. The summed E-state index contributed by atoms with van der Waals surface area (Å²) in [5.74, 6) is 0. The minimum absolute atomic E-state index is 0.0439. The van der Waals surface area contributed by atoms with Crippen LogP contribution in [-0.4, -0.2) is 6.29 Å². The number of carbonyl (C=O) groups excluding carboxylic acids is 1. The van der Waals surface area contributed by atoms with Crippen molar-refractivity contribution >= 4 is 6.29 Å². The molecule has 1 nitrogen and oxygen atoms in total. The predicted octanol–water partition coefficient (Wildman–Crippen LogP) is 3.01. The van der Waals surface area contributed by atoms with Crippen LogP contribution in [0.2, 0.25) is 0 Å². The molecule has 14 heavy (non-hydrogen) atoms. The Bertz CT molecular complexity index is 309. The molecule has 1 aromatic rings. The third-order valence-electron chi connectivity index (χ3n) is 2.13. The van der Waals surface area contributed by atoms with Gasteiger partial charge in [-0.25, -0.2) is 0 Å². The van der Waals surface area contributed by atoms with Crippen LogP contribution >= 0.6 is 0 Å². The highest BCUT2D eigenvalue weighted by molar-refractivity contribution is 5.64. The van der Waals surface area contributed by atoms with E-state index in [1.165, 1.54) is 5.56 Å². The average molecular weight is 188 g/mol. The third-order valence-corrected chi connectivity index (χ3v) is 2.13. The maximum atomic E-state index is 10.2. The van der Waals surface area contributed by atoms with E-state index < -0.39 is 0 Å². The molecule has 0 amide bonds. The van der Waals surface area contributed by atoms with Crippen molar-refractivity contribution < 1.29 is 4.79 Å². The molecule has 0 N–H and O–H groups in total. The fourth-order valence-corrected chi connectivity index (χ4v) is 1.48. The largest absolute Gasteiger partial charge is 0.299 e. The van der Waals surface area contributed by atoms with Crippen LogP contribution in [0.3, 0.4) is 0 Å². The molecule has 0 saturated carbocycles. The minimum Gasteiger partial charge on any atom is -0.299 e. The molecule has 0 aliphatic carbocycles. The molecule has 0 aromatic heterocycles. The molecule has 0 atom stereocenters. The van der Waals surface area contributed by atoms with Gasteiger partial charge in [-0.15, -0.1) is 0 Å². The van der Waals surface area contributed by atoms with Gasteiger partial charge in [0.1, 0.15) is 6.29 Å². The lowest BCUT2D eigenvalue weighted by Crippen LogP contribution is -2.11. The number of carbonyl (C=O) groups is 1. The van der Waals surface area contributed by atoms with Crippen molar-refractivity contribution in [3.8, 4) is 0 Å². The van der Waals surface area contributed by atoms with Crippen molar-refractivity contribution in [2.75, 3.05) is 0 Å². The summed E-state index contributed by atoms with van der Waals surface area (Å²) in [6.07, 6.45) is 5.31. The van der Waals surface area contributed by atoms with Crippen LogP contribution < -0.4 is 0 Å². The Kier molecular flexibility index (Phi) is 3.63. The van der Waals surface area contributed by atoms with E-state index in [0.29, 0.717) is 0 Å². The Morgan fingerprint density at radius 3 is 2.43 bits per heavy atom. The lowest BCUT2D eigenvalue weighted by molar-refractivity contribution is -0.104. The molecule has 0 spiro atoms. The van der Waals surface area contributed by atoms with Gasteiger partial charge in [0.25, 0.3) is 0 Å². The third kappa shape index (κ3) is 3.56. The first-order valence-corrected chi connectivity index (χ1v) is 4.81.